The Kier molecular flexibility index (Phi) is 6.23. The molecule has 0 spiro atoms. The maximum Gasteiger partial charge on any atom is 0.137 e. The van der Waals surface area contributed by atoms with Crippen LogP contribution in [-0.4, -0.2) is 29.6 Å². The van der Waals surface area contributed by atoms with E-state index in [4.69, 9.17) is 5.26 Å². The summed E-state index contributed by atoms with van der Waals surface area (Å²) in [5.41, 5.74) is 1.04. The Morgan fingerprint density at radius 1 is 1.35 bits per heavy atom. The van der Waals surface area contributed by atoms with Crippen molar-refractivity contribution in [3.8, 4) is 6.07 Å². The monoisotopic (exact) mass is 275 g/mol. The predicted octanol–water partition coefficient (Wildman–Crippen LogP) is 2.91. The molecule has 0 aliphatic rings. The molecule has 1 unspecified atom stereocenters. The van der Waals surface area contributed by atoms with Gasteiger partial charge in [0.05, 0.1) is 12.5 Å². The molecule has 5 heteroatoms. The standard InChI is InChI=1S/C15H25N5/c1-6-8-13-18-14(17-7-2)12(4)15(19-13)20(5)11(3)9-10-16/h11H,6-9H2,1-5H3,(H,17,18,19). The quantitative estimate of drug-likeness (QED) is 0.829. The summed E-state index contributed by atoms with van der Waals surface area (Å²) in [6, 6.07) is 2.35. The molecule has 1 atom stereocenters. The van der Waals surface area contributed by atoms with E-state index in [0.29, 0.717) is 6.42 Å². The molecule has 1 N–H and O–H groups in total. The van der Waals surface area contributed by atoms with Crippen molar-refractivity contribution < 1.29 is 0 Å². The van der Waals surface area contributed by atoms with Crippen molar-refractivity contribution in [1.82, 2.24) is 9.97 Å². The molecule has 0 saturated carbocycles. The molecule has 0 saturated heterocycles. The molecule has 0 fully saturated rings. The van der Waals surface area contributed by atoms with Crippen molar-refractivity contribution in [2.24, 2.45) is 0 Å². The van der Waals surface area contributed by atoms with Gasteiger partial charge in [0.2, 0.25) is 0 Å². The van der Waals surface area contributed by atoms with Gasteiger partial charge in [0, 0.05) is 31.6 Å². The Bertz CT molecular complexity index is 478. The van der Waals surface area contributed by atoms with Crippen molar-refractivity contribution in [2.45, 2.75) is 53.0 Å². The van der Waals surface area contributed by atoms with Gasteiger partial charge in [0.1, 0.15) is 17.5 Å². The molecule has 5 nitrogen and oxygen atoms in total. The molecule has 0 bridgehead atoms. The van der Waals surface area contributed by atoms with Crippen molar-refractivity contribution >= 4 is 11.6 Å². The largest absolute Gasteiger partial charge is 0.370 e. The number of anilines is 2. The lowest BCUT2D eigenvalue weighted by Crippen LogP contribution is -2.30. The van der Waals surface area contributed by atoms with E-state index in [1.165, 1.54) is 0 Å². The number of hydrogen-bond donors (Lipinski definition) is 1. The maximum atomic E-state index is 8.86. The van der Waals surface area contributed by atoms with Gasteiger partial charge in [-0.2, -0.15) is 5.26 Å². The molecule has 0 radical (unpaired) electrons. The van der Waals surface area contributed by atoms with E-state index in [9.17, 15) is 0 Å². The Balaban J connectivity index is 3.18. The zero-order valence-corrected chi connectivity index (χ0v) is 13.2. The molecule has 1 aromatic rings. The van der Waals surface area contributed by atoms with Crippen LogP contribution in [0.2, 0.25) is 0 Å². The molecule has 0 amide bonds. The Hall–Kier alpha value is -1.83. The fourth-order valence-corrected chi connectivity index (χ4v) is 2.05. The number of nitrogens with one attached hydrogen (secondary N) is 1. The molecule has 0 aliphatic heterocycles. The minimum absolute atomic E-state index is 0.137. The zero-order valence-electron chi connectivity index (χ0n) is 13.2. The topological polar surface area (TPSA) is 64.8 Å². The highest BCUT2D eigenvalue weighted by Gasteiger charge is 2.17. The van der Waals surface area contributed by atoms with Crippen LogP contribution < -0.4 is 10.2 Å². The van der Waals surface area contributed by atoms with E-state index in [1.54, 1.807) is 0 Å². The van der Waals surface area contributed by atoms with E-state index in [2.05, 4.69) is 40.1 Å². The predicted molar refractivity (Wildman–Crippen MR) is 83.0 cm³/mol. The minimum Gasteiger partial charge on any atom is -0.370 e. The minimum atomic E-state index is 0.137. The SMILES string of the molecule is CCCc1nc(NCC)c(C)c(N(C)C(C)CC#N)n1. The first kappa shape index (κ1) is 16.2. The summed E-state index contributed by atoms with van der Waals surface area (Å²) in [5.74, 6) is 2.68. The maximum absolute atomic E-state index is 8.86. The van der Waals surface area contributed by atoms with E-state index in [-0.39, 0.29) is 6.04 Å². The van der Waals surface area contributed by atoms with Gasteiger partial charge in [0.25, 0.3) is 0 Å². The van der Waals surface area contributed by atoms with E-state index < -0.39 is 0 Å². The zero-order chi connectivity index (χ0) is 15.1. The van der Waals surface area contributed by atoms with Crippen LogP contribution in [0.3, 0.4) is 0 Å². The first-order chi connectivity index (χ1) is 9.54. The lowest BCUT2D eigenvalue weighted by Gasteiger charge is -2.27. The molecule has 0 aliphatic carbocycles. The van der Waals surface area contributed by atoms with Gasteiger partial charge in [0.15, 0.2) is 0 Å². The van der Waals surface area contributed by atoms with Gasteiger partial charge in [-0.25, -0.2) is 9.97 Å². The van der Waals surface area contributed by atoms with E-state index >= 15 is 0 Å². The van der Waals surface area contributed by atoms with Gasteiger partial charge in [-0.05, 0) is 27.2 Å². The lowest BCUT2D eigenvalue weighted by atomic mass is 10.2. The van der Waals surface area contributed by atoms with Crippen LogP contribution in [0.15, 0.2) is 0 Å². The molecular formula is C15H25N5. The molecule has 20 heavy (non-hydrogen) atoms. The third-order valence-electron chi connectivity index (χ3n) is 3.37. The fourth-order valence-electron chi connectivity index (χ4n) is 2.05. The summed E-state index contributed by atoms with van der Waals surface area (Å²) in [4.78, 5) is 11.3. The molecular weight excluding hydrogens is 250 g/mol. The highest BCUT2D eigenvalue weighted by Crippen LogP contribution is 2.25. The van der Waals surface area contributed by atoms with Gasteiger partial charge in [-0.1, -0.05) is 6.92 Å². The first-order valence-corrected chi connectivity index (χ1v) is 7.26. The summed E-state index contributed by atoms with van der Waals surface area (Å²) in [7, 11) is 1.99. The Morgan fingerprint density at radius 2 is 2.05 bits per heavy atom. The normalized spacial score (nSPS) is 11.8. The smallest absolute Gasteiger partial charge is 0.137 e. The number of nitriles is 1. The average molecular weight is 275 g/mol. The number of hydrogen-bond acceptors (Lipinski definition) is 5. The van der Waals surface area contributed by atoms with Crippen molar-refractivity contribution in [1.29, 1.82) is 5.26 Å². The third-order valence-corrected chi connectivity index (χ3v) is 3.37. The van der Waals surface area contributed by atoms with Crippen LogP contribution in [0, 0.1) is 18.3 Å². The number of rotatable bonds is 7. The van der Waals surface area contributed by atoms with Crippen molar-refractivity contribution in [3.63, 3.8) is 0 Å². The molecule has 0 aromatic carbocycles. The highest BCUT2D eigenvalue weighted by molar-refractivity contribution is 5.58. The summed E-state index contributed by atoms with van der Waals surface area (Å²) in [5, 5.41) is 12.2. The summed E-state index contributed by atoms with van der Waals surface area (Å²) >= 11 is 0. The molecule has 1 aromatic heterocycles. The van der Waals surface area contributed by atoms with Crippen LogP contribution in [-0.2, 0) is 6.42 Å². The van der Waals surface area contributed by atoms with Crippen LogP contribution in [0.4, 0.5) is 11.6 Å². The van der Waals surface area contributed by atoms with Crippen LogP contribution >= 0.6 is 0 Å². The molecule has 110 valence electrons. The Labute approximate surface area is 122 Å². The second-order valence-corrected chi connectivity index (χ2v) is 5.04. The van der Waals surface area contributed by atoms with Gasteiger partial charge in [-0.15, -0.1) is 0 Å². The summed E-state index contributed by atoms with van der Waals surface area (Å²) in [6.07, 6.45) is 2.37. The number of aromatic nitrogens is 2. The number of nitrogens with zero attached hydrogens (tertiary/aromatic N) is 4. The van der Waals surface area contributed by atoms with Gasteiger partial charge >= 0.3 is 0 Å². The second kappa shape index (κ2) is 7.68. The van der Waals surface area contributed by atoms with E-state index in [1.807, 2.05) is 20.9 Å². The Morgan fingerprint density at radius 3 is 2.60 bits per heavy atom. The second-order valence-electron chi connectivity index (χ2n) is 5.04. The molecule has 1 heterocycles. The lowest BCUT2D eigenvalue weighted by molar-refractivity contribution is 0.685. The molecule has 1 rings (SSSR count). The van der Waals surface area contributed by atoms with Gasteiger partial charge in [-0.3, -0.25) is 0 Å². The summed E-state index contributed by atoms with van der Waals surface area (Å²) in [6.45, 7) is 9.08. The first-order valence-electron chi connectivity index (χ1n) is 7.26. The van der Waals surface area contributed by atoms with Crippen LogP contribution in [0.1, 0.15) is 45.0 Å². The van der Waals surface area contributed by atoms with E-state index in [0.717, 1.165) is 42.4 Å². The van der Waals surface area contributed by atoms with Crippen molar-refractivity contribution in [3.05, 3.63) is 11.4 Å². The summed E-state index contributed by atoms with van der Waals surface area (Å²) < 4.78 is 0. The number of aryl methyl sites for hydroxylation is 1. The average Bonchev–Trinajstić information content (AvgIpc) is 2.42. The third kappa shape index (κ3) is 3.83. The van der Waals surface area contributed by atoms with Crippen LogP contribution in [0.25, 0.3) is 0 Å². The highest BCUT2D eigenvalue weighted by atomic mass is 15.2. The fraction of sp³-hybridized carbons (Fsp3) is 0.667. The van der Waals surface area contributed by atoms with Gasteiger partial charge < -0.3 is 10.2 Å². The van der Waals surface area contributed by atoms with Crippen molar-refractivity contribution in [2.75, 3.05) is 23.8 Å². The van der Waals surface area contributed by atoms with Crippen LogP contribution in [0.5, 0.6) is 0 Å².